The molecule has 1 aromatic heterocycles. The van der Waals surface area contributed by atoms with E-state index in [0.717, 1.165) is 11.8 Å². The third-order valence-electron chi connectivity index (χ3n) is 3.42. The zero-order valence-electron chi connectivity index (χ0n) is 7.16. The molecule has 0 radical (unpaired) electrons. The van der Waals surface area contributed by atoms with Crippen molar-refractivity contribution in [2.24, 2.45) is 0 Å². The van der Waals surface area contributed by atoms with Gasteiger partial charge in [-0.3, -0.25) is 4.98 Å². The van der Waals surface area contributed by atoms with Crippen LogP contribution in [-0.2, 0) is 0 Å². The van der Waals surface area contributed by atoms with Crippen LogP contribution in [0, 0.1) is 0 Å². The first kappa shape index (κ1) is 6.64. The minimum absolute atomic E-state index is 0.797. The Hall–Kier alpha value is -0.850. The molecule has 1 nitrogen and oxygen atoms in total. The number of hydrogen-bond donors (Lipinski definition) is 0. The van der Waals surface area contributed by atoms with Crippen molar-refractivity contribution in [3.05, 3.63) is 29.6 Å². The first-order valence-electron chi connectivity index (χ1n) is 4.90. The number of rotatable bonds is 0. The summed E-state index contributed by atoms with van der Waals surface area (Å²) >= 11 is 0. The summed E-state index contributed by atoms with van der Waals surface area (Å²) < 4.78 is 0. The van der Waals surface area contributed by atoms with Gasteiger partial charge in [0.15, 0.2) is 0 Å². The maximum absolute atomic E-state index is 4.50. The van der Waals surface area contributed by atoms with E-state index >= 15 is 0 Å². The van der Waals surface area contributed by atoms with Gasteiger partial charge in [-0.25, -0.2) is 0 Å². The van der Waals surface area contributed by atoms with E-state index in [2.05, 4.69) is 17.1 Å². The van der Waals surface area contributed by atoms with Gasteiger partial charge in [-0.05, 0) is 43.2 Å². The lowest BCUT2D eigenvalue weighted by Gasteiger charge is -2.36. The van der Waals surface area contributed by atoms with E-state index in [1.165, 1.54) is 31.4 Å². The summed E-state index contributed by atoms with van der Waals surface area (Å²) in [5, 5.41) is 0. The molecule has 62 valence electrons. The number of fused-ring (bicyclic) bond motifs is 2. The fourth-order valence-corrected chi connectivity index (χ4v) is 2.79. The molecule has 0 atom stereocenters. The lowest BCUT2D eigenvalue weighted by atomic mass is 9.69. The van der Waals surface area contributed by atoms with Gasteiger partial charge in [0, 0.05) is 17.8 Å². The van der Waals surface area contributed by atoms with E-state index in [0.29, 0.717) is 0 Å². The van der Waals surface area contributed by atoms with E-state index in [-0.39, 0.29) is 0 Å². The van der Waals surface area contributed by atoms with E-state index < -0.39 is 0 Å². The molecule has 1 fully saturated rings. The second-order valence-corrected chi connectivity index (χ2v) is 4.03. The van der Waals surface area contributed by atoms with Crippen LogP contribution in [0.5, 0.6) is 0 Å². The second kappa shape index (κ2) is 2.32. The highest BCUT2D eigenvalue weighted by atomic mass is 14.7. The summed E-state index contributed by atoms with van der Waals surface area (Å²) in [6.45, 7) is 0. The van der Waals surface area contributed by atoms with Crippen molar-refractivity contribution in [1.29, 1.82) is 0 Å². The van der Waals surface area contributed by atoms with Gasteiger partial charge in [0.2, 0.25) is 0 Å². The van der Waals surface area contributed by atoms with Crippen LogP contribution in [0.3, 0.4) is 0 Å². The molecule has 4 rings (SSSR count). The largest absolute Gasteiger partial charge is 0.261 e. The van der Waals surface area contributed by atoms with Crippen molar-refractivity contribution < 1.29 is 0 Å². The summed E-state index contributed by atoms with van der Waals surface area (Å²) in [5.41, 5.74) is 2.97. The monoisotopic (exact) mass is 159 g/mol. The first-order chi connectivity index (χ1) is 5.95. The summed E-state index contributed by atoms with van der Waals surface area (Å²) in [4.78, 5) is 4.50. The Kier molecular flexibility index (Phi) is 1.28. The molecule has 0 amide bonds. The third-order valence-corrected chi connectivity index (χ3v) is 3.42. The molecule has 0 aliphatic heterocycles. The SMILES string of the molecule is c1cnc2c(c1)C1CCC2CC1. The fourth-order valence-electron chi connectivity index (χ4n) is 2.79. The standard InChI is InChI=1S/C11H13N/c1-2-10-8-3-5-9(6-4-8)11(10)12-7-1/h1-2,7-9H,3-6H2. The molecule has 1 saturated carbocycles. The molecule has 0 unspecified atom stereocenters. The Balaban J connectivity index is 2.19. The molecule has 0 N–H and O–H groups in total. The van der Waals surface area contributed by atoms with Crippen LogP contribution >= 0.6 is 0 Å². The smallest absolute Gasteiger partial charge is 0.0469 e. The molecular formula is C11H13N. The highest BCUT2D eigenvalue weighted by molar-refractivity contribution is 5.32. The average Bonchev–Trinajstić information content (AvgIpc) is 2.20. The van der Waals surface area contributed by atoms with Gasteiger partial charge in [0.25, 0.3) is 0 Å². The zero-order chi connectivity index (χ0) is 7.97. The molecule has 3 aliphatic carbocycles. The molecule has 1 aromatic rings. The van der Waals surface area contributed by atoms with Crippen molar-refractivity contribution in [2.75, 3.05) is 0 Å². The Morgan fingerprint density at radius 1 is 1.08 bits per heavy atom. The number of pyridine rings is 1. The maximum Gasteiger partial charge on any atom is 0.0469 e. The highest BCUT2D eigenvalue weighted by Gasteiger charge is 2.33. The molecule has 0 aromatic carbocycles. The van der Waals surface area contributed by atoms with E-state index in [4.69, 9.17) is 0 Å². The van der Waals surface area contributed by atoms with Crippen LogP contribution in [0.25, 0.3) is 0 Å². The van der Waals surface area contributed by atoms with E-state index in [9.17, 15) is 0 Å². The molecule has 3 aliphatic rings. The van der Waals surface area contributed by atoms with Gasteiger partial charge in [-0.15, -0.1) is 0 Å². The van der Waals surface area contributed by atoms with Gasteiger partial charge in [0.1, 0.15) is 0 Å². The number of hydrogen-bond acceptors (Lipinski definition) is 1. The van der Waals surface area contributed by atoms with Gasteiger partial charge >= 0.3 is 0 Å². The molecule has 1 heterocycles. The Morgan fingerprint density at radius 2 is 1.83 bits per heavy atom. The Morgan fingerprint density at radius 3 is 2.58 bits per heavy atom. The van der Waals surface area contributed by atoms with E-state index in [1.54, 1.807) is 5.56 Å². The molecular weight excluding hydrogens is 146 g/mol. The topological polar surface area (TPSA) is 12.9 Å². The number of aromatic nitrogens is 1. The molecule has 0 spiro atoms. The second-order valence-electron chi connectivity index (χ2n) is 4.03. The van der Waals surface area contributed by atoms with Crippen molar-refractivity contribution >= 4 is 0 Å². The quantitative estimate of drug-likeness (QED) is 0.567. The van der Waals surface area contributed by atoms with E-state index in [1.807, 2.05) is 6.20 Å². The van der Waals surface area contributed by atoms with Gasteiger partial charge in [-0.1, -0.05) is 6.07 Å². The summed E-state index contributed by atoms with van der Waals surface area (Å²) in [6.07, 6.45) is 7.52. The normalized spacial score (nSPS) is 31.7. The molecule has 0 saturated heterocycles. The minimum atomic E-state index is 0.797. The van der Waals surface area contributed by atoms with Crippen molar-refractivity contribution in [2.45, 2.75) is 37.5 Å². The predicted octanol–water partition coefficient (Wildman–Crippen LogP) is 2.84. The fraction of sp³-hybridized carbons (Fsp3) is 0.545. The van der Waals surface area contributed by atoms with Crippen molar-refractivity contribution in [1.82, 2.24) is 4.98 Å². The summed E-state index contributed by atoms with van der Waals surface area (Å²) in [7, 11) is 0. The zero-order valence-corrected chi connectivity index (χ0v) is 7.16. The van der Waals surface area contributed by atoms with Crippen LogP contribution in [0.4, 0.5) is 0 Å². The first-order valence-corrected chi connectivity index (χ1v) is 4.90. The van der Waals surface area contributed by atoms with Crippen molar-refractivity contribution in [3.8, 4) is 0 Å². The highest BCUT2D eigenvalue weighted by Crippen LogP contribution is 2.47. The van der Waals surface area contributed by atoms with Crippen molar-refractivity contribution in [3.63, 3.8) is 0 Å². The van der Waals surface area contributed by atoms with Crippen LogP contribution in [0.2, 0.25) is 0 Å². The Labute approximate surface area is 72.8 Å². The Bertz CT molecular complexity index is 267. The van der Waals surface area contributed by atoms with Crippen LogP contribution in [0.1, 0.15) is 48.8 Å². The maximum atomic E-state index is 4.50. The number of nitrogens with zero attached hydrogens (tertiary/aromatic N) is 1. The molecule has 12 heavy (non-hydrogen) atoms. The van der Waals surface area contributed by atoms with Crippen LogP contribution < -0.4 is 0 Å². The lowest BCUT2D eigenvalue weighted by Crippen LogP contribution is -2.22. The molecule has 2 bridgehead atoms. The van der Waals surface area contributed by atoms with Crippen LogP contribution in [0.15, 0.2) is 18.3 Å². The molecule has 1 heteroatoms. The third kappa shape index (κ3) is 0.767. The van der Waals surface area contributed by atoms with Crippen LogP contribution in [-0.4, -0.2) is 4.98 Å². The van der Waals surface area contributed by atoms with Gasteiger partial charge in [-0.2, -0.15) is 0 Å². The van der Waals surface area contributed by atoms with Gasteiger partial charge in [0.05, 0.1) is 0 Å². The lowest BCUT2D eigenvalue weighted by molar-refractivity contribution is 0.351. The predicted molar refractivity (Wildman–Crippen MR) is 48.2 cm³/mol. The summed E-state index contributed by atoms with van der Waals surface area (Å²) in [6, 6.07) is 4.36. The average molecular weight is 159 g/mol. The summed E-state index contributed by atoms with van der Waals surface area (Å²) in [5.74, 6) is 1.64. The van der Waals surface area contributed by atoms with Gasteiger partial charge < -0.3 is 0 Å². The minimum Gasteiger partial charge on any atom is -0.261 e.